The van der Waals surface area contributed by atoms with Crippen LogP contribution in [0.15, 0.2) is 84.9 Å². The Kier molecular flexibility index (Phi) is 7.27. The Morgan fingerprint density at radius 3 is 1.94 bits per heavy atom. The minimum atomic E-state index is 0.238. The van der Waals surface area contributed by atoms with Crippen LogP contribution >= 0.6 is 0 Å². The van der Waals surface area contributed by atoms with Crippen molar-refractivity contribution in [3.63, 3.8) is 0 Å². The quantitative estimate of drug-likeness (QED) is 0.249. The van der Waals surface area contributed by atoms with Crippen molar-refractivity contribution in [2.24, 2.45) is 0 Å². The van der Waals surface area contributed by atoms with Gasteiger partial charge in [-0.1, -0.05) is 36.4 Å². The maximum Gasteiger partial charge on any atom is 0.231 e. The highest BCUT2D eigenvalue weighted by molar-refractivity contribution is 5.55. The molecule has 5 nitrogen and oxygen atoms in total. The minimum Gasteiger partial charge on any atom is -0.497 e. The molecule has 0 saturated heterocycles. The van der Waals surface area contributed by atoms with E-state index in [-0.39, 0.29) is 6.79 Å². The van der Waals surface area contributed by atoms with E-state index >= 15 is 0 Å². The lowest BCUT2D eigenvalue weighted by Crippen LogP contribution is -1.94. The Morgan fingerprint density at radius 1 is 0.583 bits per heavy atom. The second kappa shape index (κ2) is 11.1. The number of rotatable bonds is 10. The molecule has 0 spiro atoms. The first kappa shape index (κ1) is 23.6. The maximum absolute atomic E-state index is 6.14. The van der Waals surface area contributed by atoms with E-state index in [1.807, 2.05) is 48.5 Å². The molecule has 0 aliphatic carbocycles. The van der Waals surface area contributed by atoms with E-state index in [9.17, 15) is 0 Å². The molecule has 1 aliphatic heterocycles. The third-order valence-corrected chi connectivity index (χ3v) is 6.34. The smallest absolute Gasteiger partial charge is 0.231 e. The molecule has 0 amide bonds. The predicted octanol–water partition coefficient (Wildman–Crippen LogP) is 6.80. The van der Waals surface area contributed by atoms with E-state index < -0.39 is 0 Å². The highest BCUT2D eigenvalue weighted by atomic mass is 16.7. The summed E-state index contributed by atoms with van der Waals surface area (Å²) >= 11 is 0. The van der Waals surface area contributed by atoms with Gasteiger partial charge in [0.25, 0.3) is 0 Å². The van der Waals surface area contributed by atoms with Gasteiger partial charge in [0.1, 0.15) is 17.2 Å². The third kappa shape index (κ3) is 5.74. The molecular weight excluding hydrogens is 452 g/mol. The first-order valence-electron chi connectivity index (χ1n) is 12.2. The maximum atomic E-state index is 6.14. The van der Waals surface area contributed by atoms with Crippen molar-refractivity contribution in [2.45, 2.75) is 25.7 Å². The molecule has 5 rings (SSSR count). The fourth-order valence-electron chi connectivity index (χ4n) is 4.32. The molecule has 0 bridgehead atoms. The van der Waals surface area contributed by atoms with Gasteiger partial charge in [0.2, 0.25) is 12.5 Å². The average molecular weight is 483 g/mol. The summed E-state index contributed by atoms with van der Waals surface area (Å²) in [5.74, 6) is 4.72. The molecule has 184 valence electrons. The Hall–Kier alpha value is -4.12. The van der Waals surface area contributed by atoms with E-state index in [0.717, 1.165) is 60.0 Å². The fourth-order valence-corrected chi connectivity index (χ4v) is 4.32. The number of fused-ring (bicyclic) bond motifs is 1. The summed E-state index contributed by atoms with van der Waals surface area (Å²) in [5.41, 5.74) is 4.94. The predicted molar refractivity (Wildman–Crippen MR) is 140 cm³/mol. The lowest BCUT2D eigenvalue weighted by Gasteiger charge is -2.10. The second-order valence-electron chi connectivity index (χ2n) is 8.77. The van der Waals surface area contributed by atoms with Crippen LogP contribution in [0.2, 0.25) is 0 Å². The van der Waals surface area contributed by atoms with Crippen molar-refractivity contribution in [3.8, 4) is 34.5 Å². The van der Waals surface area contributed by atoms with Gasteiger partial charge >= 0.3 is 0 Å². The first-order valence-corrected chi connectivity index (χ1v) is 12.2. The standard InChI is InChI=1S/C31H30O5/c1-32-26-14-10-22(11-15-26)6-8-24-4-3-5-28(18-24)36-27-16-12-23(13-17-27)7-9-25-19-29(33-2)31-30(20-25)34-21-35-31/h3-5,10-20H,6-9,21H2,1-2H3. The van der Waals surface area contributed by atoms with Crippen molar-refractivity contribution in [2.75, 3.05) is 21.0 Å². The van der Waals surface area contributed by atoms with E-state index in [4.69, 9.17) is 23.7 Å². The van der Waals surface area contributed by atoms with E-state index in [1.54, 1.807) is 14.2 Å². The molecular formula is C31H30O5. The zero-order chi connectivity index (χ0) is 24.7. The number of ether oxygens (including phenoxy) is 5. The van der Waals surface area contributed by atoms with E-state index in [1.165, 1.54) is 16.7 Å². The summed E-state index contributed by atoms with van der Waals surface area (Å²) in [7, 11) is 3.34. The Balaban J connectivity index is 1.16. The lowest BCUT2D eigenvalue weighted by atomic mass is 10.0. The molecule has 36 heavy (non-hydrogen) atoms. The summed E-state index contributed by atoms with van der Waals surface area (Å²) in [6.07, 6.45) is 3.71. The summed E-state index contributed by atoms with van der Waals surface area (Å²) in [4.78, 5) is 0. The fraction of sp³-hybridized carbons (Fsp3) is 0.226. The average Bonchev–Trinajstić information content (AvgIpc) is 3.40. The summed E-state index contributed by atoms with van der Waals surface area (Å²) in [6, 6.07) is 28.9. The van der Waals surface area contributed by atoms with Crippen LogP contribution in [-0.4, -0.2) is 21.0 Å². The van der Waals surface area contributed by atoms with Crippen molar-refractivity contribution < 1.29 is 23.7 Å². The molecule has 1 heterocycles. The number of aryl methyl sites for hydroxylation is 4. The van der Waals surface area contributed by atoms with Crippen LogP contribution in [0.25, 0.3) is 0 Å². The highest BCUT2D eigenvalue weighted by Crippen LogP contribution is 2.42. The van der Waals surface area contributed by atoms with Crippen LogP contribution in [0.1, 0.15) is 22.3 Å². The zero-order valence-electron chi connectivity index (χ0n) is 20.7. The Labute approximate surface area is 212 Å². The van der Waals surface area contributed by atoms with Crippen LogP contribution in [0, 0.1) is 0 Å². The zero-order valence-corrected chi connectivity index (χ0v) is 20.7. The SMILES string of the molecule is COc1ccc(CCc2cccc(Oc3ccc(CCc4cc(OC)c5c(c4)OCO5)cc3)c2)cc1. The third-order valence-electron chi connectivity index (χ3n) is 6.34. The van der Waals surface area contributed by atoms with Gasteiger partial charge in [0, 0.05) is 0 Å². The van der Waals surface area contributed by atoms with Crippen LogP contribution < -0.4 is 23.7 Å². The number of hydrogen-bond donors (Lipinski definition) is 0. The van der Waals surface area contributed by atoms with Gasteiger partial charge in [-0.05, 0) is 96.5 Å². The number of methoxy groups -OCH3 is 2. The number of benzene rings is 4. The molecule has 0 atom stereocenters. The molecule has 0 saturated carbocycles. The van der Waals surface area contributed by atoms with Gasteiger partial charge in [-0.25, -0.2) is 0 Å². The minimum absolute atomic E-state index is 0.238. The second-order valence-corrected chi connectivity index (χ2v) is 8.77. The molecule has 0 fully saturated rings. The van der Waals surface area contributed by atoms with Gasteiger partial charge in [0.05, 0.1) is 14.2 Å². The molecule has 0 radical (unpaired) electrons. The highest BCUT2D eigenvalue weighted by Gasteiger charge is 2.20. The van der Waals surface area contributed by atoms with Gasteiger partial charge in [-0.15, -0.1) is 0 Å². The van der Waals surface area contributed by atoms with Gasteiger partial charge < -0.3 is 23.7 Å². The number of hydrogen-bond acceptors (Lipinski definition) is 5. The van der Waals surface area contributed by atoms with E-state index in [0.29, 0.717) is 5.75 Å². The van der Waals surface area contributed by atoms with Crippen LogP contribution in [-0.2, 0) is 25.7 Å². The van der Waals surface area contributed by atoms with Gasteiger partial charge in [0.15, 0.2) is 11.5 Å². The monoisotopic (exact) mass is 482 g/mol. The first-order chi connectivity index (χ1) is 17.7. The largest absolute Gasteiger partial charge is 0.497 e. The van der Waals surface area contributed by atoms with Crippen molar-refractivity contribution >= 4 is 0 Å². The molecule has 4 aromatic carbocycles. The van der Waals surface area contributed by atoms with Crippen molar-refractivity contribution in [1.82, 2.24) is 0 Å². The van der Waals surface area contributed by atoms with Gasteiger partial charge in [-0.2, -0.15) is 0 Å². The van der Waals surface area contributed by atoms with Crippen molar-refractivity contribution in [1.29, 1.82) is 0 Å². The molecule has 0 aromatic heterocycles. The molecule has 0 unspecified atom stereocenters. The van der Waals surface area contributed by atoms with Crippen LogP contribution in [0.4, 0.5) is 0 Å². The van der Waals surface area contributed by atoms with Crippen molar-refractivity contribution in [3.05, 3.63) is 107 Å². The summed E-state index contributed by atoms with van der Waals surface area (Å²) < 4.78 is 27.8. The van der Waals surface area contributed by atoms with E-state index in [2.05, 4.69) is 36.4 Å². The lowest BCUT2D eigenvalue weighted by molar-refractivity contribution is 0.171. The summed E-state index contributed by atoms with van der Waals surface area (Å²) in [6.45, 7) is 0.238. The Morgan fingerprint density at radius 2 is 1.25 bits per heavy atom. The van der Waals surface area contributed by atoms with Crippen LogP contribution in [0.3, 0.4) is 0 Å². The molecule has 4 aromatic rings. The normalized spacial score (nSPS) is 11.8. The molecule has 0 N–H and O–H groups in total. The topological polar surface area (TPSA) is 46.2 Å². The molecule has 1 aliphatic rings. The van der Waals surface area contributed by atoms with Gasteiger partial charge in [-0.3, -0.25) is 0 Å². The molecule has 5 heteroatoms. The van der Waals surface area contributed by atoms with Crippen LogP contribution in [0.5, 0.6) is 34.5 Å². The Bertz CT molecular complexity index is 1300. The summed E-state index contributed by atoms with van der Waals surface area (Å²) in [5, 5.41) is 0.